The predicted octanol–water partition coefficient (Wildman–Crippen LogP) is 4.68. The summed E-state index contributed by atoms with van der Waals surface area (Å²) in [5, 5.41) is 4.41. The molecule has 22 heavy (non-hydrogen) atoms. The van der Waals surface area contributed by atoms with Crippen LogP contribution in [0.5, 0.6) is 0 Å². The highest BCUT2D eigenvalue weighted by Gasteiger charge is 2.04. The molecule has 1 amide bonds. The van der Waals surface area contributed by atoms with Gasteiger partial charge in [-0.2, -0.15) is 0 Å². The van der Waals surface area contributed by atoms with Crippen molar-refractivity contribution < 1.29 is 4.79 Å². The average molecular weight is 336 g/mol. The van der Waals surface area contributed by atoms with E-state index in [1.165, 1.54) is 5.56 Å². The van der Waals surface area contributed by atoms with Gasteiger partial charge in [0.25, 0.3) is 0 Å². The lowest BCUT2D eigenvalue weighted by atomic mass is 10.1. The van der Waals surface area contributed by atoms with Gasteiger partial charge in [-0.3, -0.25) is 4.79 Å². The van der Waals surface area contributed by atoms with Crippen LogP contribution in [0.4, 0.5) is 0 Å². The van der Waals surface area contributed by atoms with Crippen molar-refractivity contribution in [3.8, 4) is 0 Å². The highest BCUT2D eigenvalue weighted by Crippen LogP contribution is 2.16. The van der Waals surface area contributed by atoms with E-state index in [0.717, 1.165) is 28.5 Å². The van der Waals surface area contributed by atoms with Crippen LogP contribution >= 0.6 is 23.2 Å². The molecule has 0 saturated carbocycles. The molecule has 0 aromatic heterocycles. The summed E-state index contributed by atoms with van der Waals surface area (Å²) in [6.07, 6.45) is 2.98. The number of rotatable bonds is 7. The highest BCUT2D eigenvalue weighted by atomic mass is 35.5. The van der Waals surface area contributed by atoms with Crippen LogP contribution in [0.2, 0.25) is 10.0 Å². The molecule has 116 valence electrons. The first-order valence-corrected chi connectivity index (χ1v) is 8.15. The number of carbonyl (C=O) groups excluding carboxylic acids is 1. The smallest absolute Gasteiger partial charge is 0.220 e. The Morgan fingerprint density at radius 1 is 0.955 bits per heavy atom. The molecule has 0 fully saturated rings. The number of carbonyl (C=O) groups is 1. The highest BCUT2D eigenvalue weighted by molar-refractivity contribution is 6.31. The number of nitrogens with one attached hydrogen (secondary N) is 1. The van der Waals surface area contributed by atoms with Gasteiger partial charge in [0.15, 0.2) is 0 Å². The summed E-state index contributed by atoms with van der Waals surface area (Å²) in [5.41, 5.74) is 2.25. The summed E-state index contributed by atoms with van der Waals surface area (Å²) in [4.78, 5) is 11.8. The first-order valence-electron chi connectivity index (χ1n) is 7.40. The van der Waals surface area contributed by atoms with Gasteiger partial charge in [-0.05, 0) is 48.6 Å². The molecule has 2 aromatic carbocycles. The van der Waals surface area contributed by atoms with Crippen molar-refractivity contribution in [2.75, 3.05) is 6.54 Å². The Morgan fingerprint density at radius 3 is 2.41 bits per heavy atom. The normalized spacial score (nSPS) is 10.5. The molecule has 0 radical (unpaired) electrons. The SMILES string of the molecule is O=C(CCc1ccccc1Cl)NCCCc1ccc(Cl)cc1. The zero-order valence-electron chi connectivity index (χ0n) is 12.3. The monoisotopic (exact) mass is 335 g/mol. The molecule has 0 atom stereocenters. The third-order valence-corrected chi connectivity index (χ3v) is 4.08. The molecule has 0 aliphatic heterocycles. The van der Waals surface area contributed by atoms with Crippen molar-refractivity contribution in [2.24, 2.45) is 0 Å². The van der Waals surface area contributed by atoms with Crippen LogP contribution in [0.15, 0.2) is 48.5 Å². The quantitative estimate of drug-likeness (QED) is 0.731. The fourth-order valence-electron chi connectivity index (χ4n) is 2.21. The van der Waals surface area contributed by atoms with Crippen molar-refractivity contribution in [2.45, 2.75) is 25.7 Å². The van der Waals surface area contributed by atoms with E-state index in [-0.39, 0.29) is 5.91 Å². The van der Waals surface area contributed by atoms with Crippen LogP contribution < -0.4 is 5.32 Å². The maximum Gasteiger partial charge on any atom is 0.220 e. The minimum absolute atomic E-state index is 0.0658. The van der Waals surface area contributed by atoms with Crippen molar-refractivity contribution in [1.29, 1.82) is 0 Å². The van der Waals surface area contributed by atoms with Crippen molar-refractivity contribution >= 4 is 29.1 Å². The van der Waals surface area contributed by atoms with Gasteiger partial charge in [0, 0.05) is 23.0 Å². The molecule has 2 nitrogen and oxygen atoms in total. The molecule has 0 unspecified atom stereocenters. The molecular formula is C18H19Cl2NO. The van der Waals surface area contributed by atoms with E-state index >= 15 is 0 Å². The first kappa shape index (κ1) is 16.9. The molecule has 4 heteroatoms. The number of aryl methyl sites for hydroxylation is 2. The van der Waals surface area contributed by atoms with E-state index in [4.69, 9.17) is 23.2 Å². The topological polar surface area (TPSA) is 29.1 Å². The van der Waals surface area contributed by atoms with Crippen LogP contribution in [-0.4, -0.2) is 12.5 Å². The van der Waals surface area contributed by atoms with Crippen LogP contribution in [0.3, 0.4) is 0 Å². The average Bonchev–Trinajstić information content (AvgIpc) is 2.52. The zero-order chi connectivity index (χ0) is 15.8. The van der Waals surface area contributed by atoms with Crippen LogP contribution in [0.25, 0.3) is 0 Å². The first-order chi connectivity index (χ1) is 10.6. The molecular weight excluding hydrogens is 317 g/mol. The summed E-state index contributed by atoms with van der Waals surface area (Å²) in [6.45, 7) is 0.685. The van der Waals surface area contributed by atoms with E-state index in [2.05, 4.69) is 5.32 Å². The van der Waals surface area contributed by atoms with Gasteiger partial charge in [0.2, 0.25) is 5.91 Å². The number of amides is 1. The second kappa shape index (κ2) is 8.82. The summed E-state index contributed by atoms with van der Waals surface area (Å²) in [5.74, 6) is 0.0658. The molecule has 0 aliphatic carbocycles. The molecule has 0 spiro atoms. The Hall–Kier alpha value is -1.51. The van der Waals surface area contributed by atoms with Gasteiger partial charge in [-0.15, -0.1) is 0 Å². The van der Waals surface area contributed by atoms with E-state index in [1.54, 1.807) is 0 Å². The minimum Gasteiger partial charge on any atom is -0.356 e. The lowest BCUT2D eigenvalue weighted by molar-refractivity contribution is -0.121. The second-order valence-corrected chi connectivity index (χ2v) is 6.02. The Labute approximate surface area is 141 Å². The van der Waals surface area contributed by atoms with Crippen LogP contribution in [-0.2, 0) is 17.6 Å². The van der Waals surface area contributed by atoms with Gasteiger partial charge in [-0.25, -0.2) is 0 Å². The van der Waals surface area contributed by atoms with E-state index in [1.807, 2.05) is 48.5 Å². The fraction of sp³-hybridized carbons (Fsp3) is 0.278. The second-order valence-electron chi connectivity index (χ2n) is 5.17. The Balaban J connectivity index is 1.64. The van der Waals surface area contributed by atoms with E-state index < -0.39 is 0 Å². The number of benzene rings is 2. The molecule has 0 bridgehead atoms. The van der Waals surface area contributed by atoms with Crippen molar-refractivity contribution in [3.05, 3.63) is 69.7 Å². The Kier molecular flexibility index (Phi) is 6.75. The lowest BCUT2D eigenvalue weighted by Gasteiger charge is -2.06. The molecule has 2 rings (SSSR count). The fourth-order valence-corrected chi connectivity index (χ4v) is 2.57. The van der Waals surface area contributed by atoms with Crippen LogP contribution in [0.1, 0.15) is 24.0 Å². The molecule has 0 heterocycles. The molecule has 2 aromatic rings. The van der Waals surface area contributed by atoms with Crippen molar-refractivity contribution in [3.63, 3.8) is 0 Å². The van der Waals surface area contributed by atoms with Gasteiger partial charge < -0.3 is 5.32 Å². The number of halogens is 2. The summed E-state index contributed by atoms with van der Waals surface area (Å²) in [6, 6.07) is 15.4. The predicted molar refractivity (Wildman–Crippen MR) is 92.6 cm³/mol. The lowest BCUT2D eigenvalue weighted by Crippen LogP contribution is -2.25. The van der Waals surface area contributed by atoms with Gasteiger partial charge in [-0.1, -0.05) is 53.5 Å². The summed E-state index contributed by atoms with van der Waals surface area (Å²) < 4.78 is 0. The van der Waals surface area contributed by atoms with Gasteiger partial charge >= 0.3 is 0 Å². The number of hydrogen-bond acceptors (Lipinski definition) is 1. The Morgan fingerprint density at radius 2 is 1.68 bits per heavy atom. The Bertz CT molecular complexity index is 611. The largest absolute Gasteiger partial charge is 0.356 e. The van der Waals surface area contributed by atoms with Crippen molar-refractivity contribution in [1.82, 2.24) is 5.32 Å². The third-order valence-electron chi connectivity index (χ3n) is 3.46. The van der Waals surface area contributed by atoms with E-state index in [0.29, 0.717) is 19.4 Å². The minimum atomic E-state index is 0.0658. The number of hydrogen-bond donors (Lipinski definition) is 1. The molecule has 1 N–H and O–H groups in total. The molecule has 0 aliphatic rings. The zero-order valence-corrected chi connectivity index (χ0v) is 13.8. The van der Waals surface area contributed by atoms with Gasteiger partial charge in [0.1, 0.15) is 0 Å². The summed E-state index contributed by atoms with van der Waals surface area (Å²) >= 11 is 11.9. The van der Waals surface area contributed by atoms with Gasteiger partial charge in [0.05, 0.1) is 0 Å². The summed E-state index contributed by atoms with van der Waals surface area (Å²) in [7, 11) is 0. The maximum absolute atomic E-state index is 11.8. The molecule has 0 saturated heterocycles. The third kappa shape index (κ3) is 5.70. The van der Waals surface area contributed by atoms with E-state index in [9.17, 15) is 4.79 Å². The standard InChI is InChI=1S/C18H19Cl2NO/c19-16-10-7-14(8-11-16)4-3-13-21-18(22)12-9-15-5-1-2-6-17(15)20/h1-2,5-8,10-11H,3-4,9,12-13H2,(H,21,22). The van der Waals surface area contributed by atoms with Crippen LogP contribution in [0, 0.1) is 0 Å². The maximum atomic E-state index is 11.8.